The normalized spacial score (nSPS) is 12.0. The minimum absolute atomic E-state index is 0.653. The Bertz CT molecular complexity index is 4600. The molecule has 0 bridgehead atoms. The van der Waals surface area contributed by atoms with Crippen molar-refractivity contribution in [3.8, 4) is 61.8 Å². The van der Waals surface area contributed by atoms with Crippen molar-refractivity contribution in [1.29, 1.82) is 0 Å². The van der Waals surface area contributed by atoms with Crippen molar-refractivity contribution in [2.24, 2.45) is 0 Å². The molecule has 15 aromatic rings. The maximum absolute atomic E-state index is 6.59. The van der Waals surface area contributed by atoms with Gasteiger partial charge in [-0.05, 0) is 113 Å². The van der Waals surface area contributed by atoms with Crippen molar-refractivity contribution < 1.29 is 8.83 Å². The van der Waals surface area contributed by atoms with Crippen LogP contribution in [0.2, 0.25) is 0 Å². The van der Waals surface area contributed by atoms with Crippen molar-refractivity contribution in [1.82, 2.24) is 14.5 Å². The first kappa shape index (κ1) is 38.9. The van der Waals surface area contributed by atoms with Crippen LogP contribution in [-0.4, -0.2) is 14.5 Å². The van der Waals surface area contributed by atoms with Crippen molar-refractivity contribution in [2.45, 2.75) is 0 Å². The quantitative estimate of drug-likeness (QED) is 0.167. The second-order valence-electron chi connectivity index (χ2n) is 18.1. The predicted octanol–water partition coefficient (Wildman–Crippen LogP) is 18.1. The summed E-state index contributed by atoms with van der Waals surface area (Å²) in [6.07, 6.45) is 0. The molecule has 0 radical (unpaired) electrons. The molecule has 5 nitrogen and oxygen atoms in total. The Morgan fingerprint density at radius 1 is 0.329 bits per heavy atom. The summed E-state index contributed by atoms with van der Waals surface area (Å²) in [7, 11) is 0. The summed E-state index contributed by atoms with van der Waals surface area (Å²) < 4.78 is 17.8. The number of furan rings is 2. The number of benzene rings is 10. The van der Waals surface area contributed by atoms with Gasteiger partial charge < -0.3 is 13.4 Å². The Morgan fingerprint density at radius 3 is 1.83 bits per heavy atom. The second kappa shape index (κ2) is 15.2. The Balaban J connectivity index is 0.823. The summed E-state index contributed by atoms with van der Waals surface area (Å²) in [6.45, 7) is 0. The van der Waals surface area contributed by atoms with Crippen LogP contribution < -0.4 is 0 Å². The van der Waals surface area contributed by atoms with E-state index in [1.54, 1.807) is 0 Å². The van der Waals surface area contributed by atoms with Gasteiger partial charge in [0.15, 0.2) is 5.82 Å². The lowest BCUT2D eigenvalue weighted by molar-refractivity contribution is 0.668. The lowest BCUT2D eigenvalue weighted by Crippen LogP contribution is -1.96. The highest BCUT2D eigenvalue weighted by Crippen LogP contribution is 2.43. The van der Waals surface area contributed by atoms with Crippen molar-refractivity contribution in [3.63, 3.8) is 0 Å². The molecular weight excluding hydrogens is 875 g/mol. The first-order chi connectivity index (χ1) is 34.6. The van der Waals surface area contributed by atoms with E-state index >= 15 is 0 Å². The van der Waals surface area contributed by atoms with Gasteiger partial charge in [0, 0.05) is 74.9 Å². The number of hydrogen-bond acceptors (Lipinski definition) is 5. The molecule has 5 aromatic heterocycles. The smallest absolute Gasteiger partial charge is 0.160 e. The van der Waals surface area contributed by atoms with Gasteiger partial charge in [-0.25, -0.2) is 9.97 Å². The molecule has 0 aliphatic carbocycles. The third-order valence-corrected chi connectivity index (χ3v) is 15.2. The fourth-order valence-electron chi connectivity index (χ4n) is 10.7. The van der Waals surface area contributed by atoms with Crippen LogP contribution in [-0.2, 0) is 0 Å². The van der Waals surface area contributed by atoms with E-state index in [2.05, 4.69) is 187 Å². The van der Waals surface area contributed by atoms with Crippen LogP contribution in [0.15, 0.2) is 233 Å². The SMILES string of the molecule is c1ccc(-c2nc(-c3ccc4c(c3)oc3ccccc34)cc(-c3cccc4oc5ccc(-c6ccc7sc8cc(-c9ccc%10c(c9)c9ccccc9n%10-c9ccccc9)ccc8c7c6)cc5c34)n2)cc1. The number of para-hydroxylation sites is 3. The number of thiophene rings is 1. The Labute approximate surface area is 404 Å². The van der Waals surface area contributed by atoms with Gasteiger partial charge in [-0.15, -0.1) is 11.3 Å². The molecule has 5 heterocycles. The van der Waals surface area contributed by atoms with Gasteiger partial charge in [0.05, 0.1) is 22.4 Å². The van der Waals surface area contributed by atoms with E-state index in [9.17, 15) is 0 Å². The maximum atomic E-state index is 6.59. The highest BCUT2D eigenvalue weighted by atomic mass is 32.1. The fourth-order valence-corrected chi connectivity index (χ4v) is 11.8. The zero-order valence-electron chi connectivity index (χ0n) is 37.4. The molecule has 70 heavy (non-hydrogen) atoms. The van der Waals surface area contributed by atoms with E-state index in [1.165, 1.54) is 58.8 Å². The number of rotatable bonds is 6. The van der Waals surface area contributed by atoms with Crippen LogP contribution in [0.4, 0.5) is 0 Å². The van der Waals surface area contributed by atoms with Crippen molar-refractivity contribution in [2.75, 3.05) is 0 Å². The van der Waals surface area contributed by atoms with Gasteiger partial charge >= 0.3 is 0 Å². The minimum Gasteiger partial charge on any atom is -0.456 e. The van der Waals surface area contributed by atoms with Crippen LogP contribution in [0.3, 0.4) is 0 Å². The van der Waals surface area contributed by atoms with Crippen LogP contribution in [0.5, 0.6) is 0 Å². The monoisotopic (exact) mass is 911 g/mol. The maximum Gasteiger partial charge on any atom is 0.160 e. The summed E-state index contributed by atoms with van der Waals surface area (Å²) in [5.41, 5.74) is 16.1. The van der Waals surface area contributed by atoms with E-state index < -0.39 is 0 Å². The molecule has 0 unspecified atom stereocenters. The van der Waals surface area contributed by atoms with Gasteiger partial charge in [0.2, 0.25) is 0 Å². The molecule has 0 amide bonds. The van der Waals surface area contributed by atoms with Crippen molar-refractivity contribution >= 4 is 97.2 Å². The van der Waals surface area contributed by atoms with Crippen LogP contribution >= 0.6 is 11.3 Å². The Hall–Kier alpha value is -9.10. The summed E-state index contributed by atoms with van der Waals surface area (Å²) in [5.74, 6) is 0.653. The van der Waals surface area contributed by atoms with E-state index in [0.29, 0.717) is 5.82 Å². The van der Waals surface area contributed by atoms with Gasteiger partial charge in [-0.2, -0.15) is 0 Å². The van der Waals surface area contributed by atoms with Crippen LogP contribution in [0.1, 0.15) is 0 Å². The zero-order chi connectivity index (χ0) is 45.9. The number of aromatic nitrogens is 3. The molecule has 15 rings (SSSR count). The summed E-state index contributed by atoms with van der Waals surface area (Å²) in [6, 6.07) is 79.7. The third-order valence-electron chi connectivity index (χ3n) is 14.0. The van der Waals surface area contributed by atoms with E-state index in [0.717, 1.165) is 83.1 Å². The average molecular weight is 912 g/mol. The Morgan fingerprint density at radius 2 is 0.943 bits per heavy atom. The van der Waals surface area contributed by atoms with Crippen molar-refractivity contribution in [3.05, 3.63) is 224 Å². The van der Waals surface area contributed by atoms with E-state index in [4.69, 9.17) is 18.8 Å². The largest absolute Gasteiger partial charge is 0.456 e. The minimum atomic E-state index is 0.653. The van der Waals surface area contributed by atoms with E-state index in [-0.39, 0.29) is 0 Å². The molecule has 326 valence electrons. The first-order valence-electron chi connectivity index (χ1n) is 23.5. The molecule has 6 heteroatoms. The molecule has 0 aliphatic heterocycles. The number of fused-ring (bicyclic) bond motifs is 12. The van der Waals surface area contributed by atoms with Gasteiger partial charge in [0.25, 0.3) is 0 Å². The van der Waals surface area contributed by atoms with Gasteiger partial charge in [-0.3, -0.25) is 0 Å². The molecular formula is C64H37N3O2S. The summed E-state index contributed by atoms with van der Waals surface area (Å²) in [4.78, 5) is 10.4. The second-order valence-corrected chi connectivity index (χ2v) is 19.2. The van der Waals surface area contributed by atoms with Crippen LogP contribution in [0, 0.1) is 0 Å². The lowest BCUT2D eigenvalue weighted by atomic mass is 9.97. The standard InChI is InChI=1S/C64H37N3O2S/c1-3-12-38(13-4-1)64-65-53(43-23-27-47-46-17-8-10-20-57(46)69-60(47)35-43)37-54(66-64)49-18-11-21-59-63(49)52-34-40(25-30-58(52)68-59)41-26-31-61-51(33-41)48-28-22-42(36-62(48)70-61)39-24-29-56-50(32-39)45-16-7-9-19-55(45)67(56)44-14-5-2-6-15-44/h1-37H. The zero-order valence-corrected chi connectivity index (χ0v) is 38.2. The molecule has 0 atom stereocenters. The average Bonchev–Trinajstić information content (AvgIpc) is 4.19. The molecule has 0 N–H and O–H groups in total. The molecule has 0 aliphatic rings. The molecule has 0 fully saturated rings. The lowest BCUT2D eigenvalue weighted by Gasteiger charge is -2.10. The Kier molecular flexibility index (Phi) is 8.46. The third kappa shape index (κ3) is 6.10. The van der Waals surface area contributed by atoms with Gasteiger partial charge in [-0.1, -0.05) is 133 Å². The predicted molar refractivity (Wildman–Crippen MR) is 291 cm³/mol. The number of nitrogens with zero attached hydrogens (tertiary/aromatic N) is 3. The van der Waals surface area contributed by atoms with E-state index in [1.807, 2.05) is 53.8 Å². The molecule has 0 spiro atoms. The molecule has 0 saturated heterocycles. The number of hydrogen-bond donors (Lipinski definition) is 0. The summed E-state index contributed by atoms with van der Waals surface area (Å²) in [5, 5.41) is 9.27. The topological polar surface area (TPSA) is 57.0 Å². The summed E-state index contributed by atoms with van der Waals surface area (Å²) >= 11 is 1.85. The highest BCUT2D eigenvalue weighted by Gasteiger charge is 2.20. The molecule has 0 saturated carbocycles. The van der Waals surface area contributed by atoms with Crippen LogP contribution in [0.25, 0.3) is 148 Å². The molecule has 10 aromatic carbocycles. The first-order valence-corrected chi connectivity index (χ1v) is 24.3. The fraction of sp³-hybridized carbons (Fsp3) is 0. The highest BCUT2D eigenvalue weighted by molar-refractivity contribution is 7.25. The van der Waals surface area contributed by atoms with Gasteiger partial charge in [0.1, 0.15) is 22.3 Å².